The summed E-state index contributed by atoms with van der Waals surface area (Å²) in [5.74, 6) is 0. The lowest BCUT2D eigenvalue weighted by Crippen LogP contribution is -2.51. The number of rotatable bonds is 2. The largest absolute Gasteiger partial charge is 0.465 e. The van der Waals surface area contributed by atoms with Crippen molar-refractivity contribution >= 4 is 6.09 Å². The molecule has 2 aliphatic rings. The van der Waals surface area contributed by atoms with Crippen LogP contribution < -0.4 is 5.32 Å². The fourth-order valence-electron chi connectivity index (χ4n) is 2.20. The van der Waals surface area contributed by atoms with Crippen LogP contribution in [0.3, 0.4) is 0 Å². The van der Waals surface area contributed by atoms with Crippen LogP contribution in [0.2, 0.25) is 0 Å². The molecule has 0 aromatic heterocycles. The second-order valence-corrected chi connectivity index (χ2v) is 4.36. The predicted molar refractivity (Wildman–Crippen MR) is 53.4 cm³/mol. The predicted octanol–water partition coefficient (Wildman–Crippen LogP) is 1.27. The second kappa shape index (κ2) is 4.17. The molecule has 0 aromatic rings. The molecule has 1 atom stereocenters. The van der Waals surface area contributed by atoms with Gasteiger partial charge in [0.1, 0.15) is 0 Å². The monoisotopic (exact) mass is 198 g/mol. The van der Waals surface area contributed by atoms with E-state index >= 15 is 0 Å². The molecule has 14 heavy (non-hydrogen) atoms. The molecule has 0 aromatic carbocycles. The number of carbonyl (C=O) groups is 1. The third-order valence-corrected chi connectivity index (χ3v) is 3.27. The van der Waals surface area contributed by atoms with Crippen molar-refractivity contribution in [2.45, 2.75) is 44.2 Å². The minimum atomic E-state index is -0.773. The lowest BCUT2D eigenvalue weighted by atomic mass is 9.91. The molecular formula is C10H18N2O2. The summed E-state index contributed by atoms with van der Waals surface area (Å²) >= 11 is 0. The maximum Gasteiger partial charge on any atom is 0.407 e. The van der Waals surface area contributed by atoms with Gasteiger partial charge in [-0.3, -0.25) is 0 Å². The van der Waals surface area contributed by atoms with E-state index in [4.69, 9.17) is 5.11 Å². The van der Waals surface area contributed by atoms with Crippen LogP contribution in [0.1, 0.15) is 32.1 Å². The van der Waals surface area contributed by atoms with Gasteiger partial charge in [-0.25, -0.2) is 4.79 Å². The van der Waals surface area contributed by atoms with Crippen LogP contribution in [-0.4, -0.2) is 41.3 Å². The minimum absolute atomic E-state index is 0.394. The number of nitrogens with one attached hydrogen (secondary N) is 1. The summed E-state index contributed by atoms with van der Waals surface area (Å²) in [6.45, 7) is 1.38. The Morgan fingerprint density at radius 1 is 1.21 bits per heavy atom. The van der Waals surface area contributed by atoms with Crippen molar-refractivity contribution in [2.75, 3.05) is 13.1 Å². The molecule has 0 bridgehead atoms. The summed E-state index contributed by atoms with van der Waals surface area (Å²) in [6.07, 6.45) is 5.21. The van der Waals surface area contributed by atoms with Gasteiger partial charge in [-0.15, -0.1) is 0 Å². The Morgan fingerprint density at radius 3 is 2.50 bits per heavy atom. The zero-order valence-corrected chi connectivity index (χ0v) is 8.41. The van der Waals surface area contributed by atoms with E-state index in [2.05, 4.69) is 5.32 Å². The summed E-state index contributed by atoms with van der Waals surface area (Å²) in [4.78, 5) is 12.3. The van der Waals surface area contributed by atoms with E-state index in [1.807, 2.05) is 0 Å². The van der Waals surface area contributed by atoms with E-state index < -0.39 is 6.09 Å². The van der Waals surface area contributed by atoms with E-state index in [0.29, 0.717) is 25.2 Å². The van der Waals surface area contributed by atoms with Gasteiger partial charge in [-0.1, -0.05) is 6.42 Å². The van der Waals surface area contributed by atoms with Crippen molar-refractivity contribution in [3.8, 4) is 0 Å². The average Bonchev–Trinajstić information content (AvgIpc) is 2.12. The number of likely N-dealkylation sites (tertiary alicyclic amines) is 1. The first-order chi connectivity index (χ1) is 6.75. The highest BCUT2D eigenvalue weighted by molar-refractivity contribution is 5.65. The molecule has 0 radical (unpaired) electrons. The third-order valence-electron chi connectivity index (χ3n) is 3.27. The van der Waals surface area contributed by atoms with Gasteiger partial charge >= 0.3 is 6.09 Å². The molecule has 1 aliphatic heterocycles. The van der Waals surface area contributed by atoms with Gasteiger partial charge in [0.25, 0.3) is 0 Å². The van der Waals surface area contributed by atoms with Crippen LogP contribution in [0.4, 0.5) is 4.79 Å². The fourth-order valence-corrected chi connectivity index (χ4v) is 2.20. The van der Waals surface area contributed by atoms with Crippen LogP contribution >= 0.6 is 0 Å². The number of amides is 1. The molecule has 1 aliphatic carbocycles. The Hall–Kier alpha value is -0.770. The molecule has 0 spiro atoms. The number of hydrogen-bond acceptors (Lipinski definition) is 2. The van der Waals surface area contributed by atoms with Crippen molar-refractivity contribution in [3.05, 3.63) is 0 Å². The molecule has 2 fully saturated rings. The summed E-state index contributed by atoms with van der Waals surface area (Å²) in [6, 6.07) is 1.05. The SMILES string of the molecule is O=C(O)N1CCC[C@@H](NC2CCC2)C1. The van der Waals surface area contributed by atoms with Crippen LogP contribution in [0.15, 0.2) is 0 Å². The van der Waals surface area contributed by atoms with Crippen molar-refractivity contribution in [1.82, 2.24) is 10.2 Å². The highest BCUT2D eigenvalue weighted by atomic mass is 16.4. The van der Waals surface area contributed by atoms with Gasteiger partial charge < -0.3 is 15.3 Å². The van der Waals surface area contributed by atoms with E-state index in [0.717, 1.165) is 12.8 Å². The van der Waals surface area contributed by atoms with Crippen molar-refractivity contribution in [3.63, 3.8) is 0 Å². The lowest BCUT2D eigenvalue weighted by molar-refractivity contribution is 0.121. The number of carboxylic acid groups (broad SMARTS) is 1. The standard InChI is InChI=1S/C10H18N2O2/c13-10(14)12-6-2-5-9(7-12)11-8-3-1-4-8/h8-9,11H,1-7H2,(H,13,14)/t9-/m1/s1. The Bertz CT molecular complexity index is 216. The quantitative estimate of drug-likeness (QED) is 0.702. The van der Waals surface area contributed by atoms with Crippen LogP contribution in [0.5, 0.6) is 0 Å². The van der Waals surface area contributed by atoms with E-state index in [-0.39, 0.29) is 0 Å². The smallest absolute Gasteiger partial charge is 0.407 e. The molecule has 1 amide bonds. The minimum Gasteiger partial charge on any atom is -0.465 e. The van der Waals surface area contributed by atoms with Crippen molar-refractivity contribution in [2.24, 2.45) is 0 Å². The van der Waals surface area contributed by atoms with Crippen molar-refractivity contribution < 1.29 is 9.90 Å². The number of hydrogen-bond donors (Lipinski definition) is 2. The number of nitrogens with zero attached hydrogens (tertiary/aromatic N) is 1. The first-order valence-electron chi connectivity index (χ1n) is 5.49. The topological polar surface area (TPSA) is 52.6 Å². The molecular weight excluding hydrogens is 180 g/mol. The zero-order valence-electron chi connectivity index (χ0n) is 8.41. The summed E-state index contributed by atoms with van der Waals surface area (Å²) in [5.41, 5.74) is 0. The molecule has 0 unspecified atom stereocenters. The van der Waals surface area contributed by atoms with Gasteiger partial charge in [-0.05, 0) is 25.7 Å². The van der Waals surface area contributed by atoms with Crippen LogP contribution in [0, 0.1) is 0 Å². The maximum atomic E-state index is 10.8. The van der Waals surface area contributed by atoms with Gasteiger partial charge in [-0.2, -0.15) is 0 Å². The molecule has 80 valence electrons. The molecule has 2 rings (SSSR count). The zero-order chi connectivity index (χ0) is 9.97. The lowest BCUT2D eigenvalue weighted by Gasteiger charge is -2.36. The Kier molecular flexibility index (Phi) is 2.91. The van der Waals surface area contributed by atoms with E-state index in [1.54, 1.807) is 0 Å². The fraction of sp³-hybridized carbons (Fsp3) is 0.900. The third kappa shape index (κ3) is 2.18. The Balaban J connectivity index is 1.78. The molecule has 1 saturated carbocycles. The molecule has 1 saturated heterocycles. The van der Waals surface area contributed by atoms with E-state index in [1.165, 1.54) is 24.2 Å². The number of piperidine rings is 1. The summed E-state index contributed by atoms with van der Waals surface area (Å²) in [5, 5.41) is 12.4. The second-order valence-electron chi connectivity index (χ2n) is 4.36. The van der Waals surface area contributed by atoms with Crippen LogP contribution in [-0.2, 0) is 0 Å². The first kappa shape index (κ1) is 9.77. The molecule has 4 heteroatoms. The van der Waals surface area contributed by atoms with Gasteiger partial charge in [0.05, 0.1) is 0 Å². The van der Waals surface area contributed by atoms with E-state index in [9.17, 15) is 4.79 Å². The Morgan fingerprint density at radius 2 is 1.93 bits per heavy atom. The Labute approximate surface area is 84.3 Å². The molecule has 4 nitrogen and oxygen atoms in total. The summed E-state index contributed by atoms with van der Waals surface area (Å²) < 4.78 is 0. The van der Waals surface area contributed by atoms with Crippen LogP contribution in [0.25, 0.3) is 0 Å². The van der Waals surface area contributed by atoms with Crippen molar-refractivity contribution in [1.29, 1.82) is 0 Å². The summed E-state index contributed by atoms with van der Waals surface area (Å²) in [7, 11) is 0. The highest BCUT2D eigenvalue weighted by Gasteiger charge is 2.26. The maximum absolute atomic E-state index is 10.8. The van der Waals surface area contributed by atoms with Gasteiger partial charge in [0.2, 0.25) is 0 Å². The molecule has 2 N–H and O–H groups in total. The van der Waals surface area contributed by atoms with Gasteiger partial charge in [0, 0.05) is 25.2 Å². The molecule has 1 heterocycles. The average molecular weight is 198 g/mol. The first-order valence-corrected chi connectivity index (χ1v) is 5.49. The highest BCUT2D eigenvalue weighted by Crippen LogP contribution is 2.20. The normalized spacial score (nSPS) is 28.6. The van der Waals surface area contributed by atoms with Gasteiger partial charge in [0.15, 0.2) is 0 Å².